The third-order valence-electron chi connectivity index (χ3n) is 2.49. The van der Waals surface area contributed by atoms with Gasteiger partial charge in [0, 0.05) is 23.9 Å². The first-order chi connectivity index (χ1) is 6.70. The first-order valence-corrected chi connectivity index (χ1v) is 4.88. The highest BCUT2D eigenvalue weighted by Gasteiger charge is 2.17. The topological polar surface area (TPSA) is 48.1 Å². The van der Waals surface area contributed by atoms with Crippen molar-refractivity contribution in [2.75, 3.05) is 13.7 Å². The van der Waals surface area contributed by atoms with Gasteiger partial charge in [-0.3, -0.25) is 4.98 Å². The second kappa shape index (κ2) is 4.96. The first kappa shape index (κ1) is 11.0. The van der Waals surface area contributed by atoms with E-state index in [-0.39, 0.29) is 0 Å². The highest BCUT2D eigenvalue weighted by molar-refractivity contribution is 5.33. The summed E-state index contributed by atoms with van der Waals surface area (Å²) in [6, 6.07) is 1.88. The Balaban J connectivity index is 3.02. The fourth-order valence-corrected chi connectivity index (χ4v) is 1.62. The molecular weight excluding hydrogens is 176 g/mol. The standard InChI is InChI=1S/C11H18N2O/c1-8(2)9(6-12)10-7-13-5-4-11(10)14-3/h4-5,7-9H,6,12H2,1-3H3. The van der Waals surface area contributed by atoms with Crippen LogP contribution in [0.25, 0.3) is 0 Å². The number of aromatic nitrogens is 1. The number of rotatable bonds is 4. The third kappa shape index (κ3) is 2.23. The molecule has 3 nitrogen and oxygen atoms in total. The average molecular weight is 194 g/mol. The van der Waals surface area contributed by atoms with Crippen LogP contribution in [0.5, 0.6) is 5.75 Å². The largest absolute Gasteiger partial charge is 0.496 e. The number of ether oxygens (including phenoxy) is 1. The van der Waals surface area contributed by atoms with E-state index in [1.807, 2.05) is 12.3 Å². The second-order valence-electron chi connectivity index (χ2n) is 3.70. The molecule has 0 spiro atoms. The van der Waals surface area contributed by atoms with Crippen LogP contribution in [0.15, 0.2) is 18.5 Å². The van der Waals surface area contributed by atoms with Gasteiger partial charge < -0.3 is 10.5 Å². The SMILES string of the molecule is COc1ccncc1C(CN)C(C)C. The zero-order valence-corrected chi connectivity index (χ0v) is 9.03. The van der Waals surface area contributed by atoms with Gasteiger partial charge in [0.05, 0.1) is 7.11 Å². The molecule has 0 saturated carbocycles. The van der Waals surface area contributed by atoms with Gasteiger partial charge in [0.2, 0.25) is 0 Å². The number of nitrogens with two attached hydrogens (primary N) is 1. The molecule has 1 aromatic heterocycles. The minimum atomic E-state index is 0.318. The van der Waals surface area contributed by atoms with E-state index >= 15 is 0 Å². The monoisotopic (exact) mass is 194 g/mol. The fraction of sp³-hybridized carbons (Fsp3) is 0.545. The number of hydrogen-bond acceptors (Lipinski definition) is 3. The van der Waals surface area contributed by atoms with E-state index < -0.39 is 0 Å². The van der Waals surface area contributed by atoms with Crippen LogP contribution >= 0.6 is 0 Å². The van der Waals surface area contributed by atoms with E-state index in [4.69, 9.17) is 10.5 Å². The Morgan fingerprint density at radius 2 is 2.21 bits per heavy atom. The number of methoxy groups -OCH3 is 1. The summed E-state index contributed by atoms with van der Waals surface area (Å²) >= 11 is 0. The molecule has 0 aliphatic carbocycles. The van der Waals surface area contributed by atoms with Crippen LogP contribution in [-0.4, -0.2) is 18.6 Å². The average Bonchev–Trinajstić information content (AvgIpc) is 2.19. The lowest BCUT2D eigenvalue weighted by molar-refractivity contribution is 0.394. The lowest BCUT2D eigenvalue weighted by atomic mass is 9.89. The van der Waals surface area contributed by atoms with E-state index in [0.717, 1.165) is 11.3 Å². The minimum absolute atomic E-state index is 0.318. The number of nitrogens with zero attached hydrogens (tertiary/aromatic N) is 1. The van der Waals surface area contributed by atoms with E-state index in [1.54, 1.807) is 13.3 Å². The number of hydrogen-bond donors (Lipinski definition) is 1. The van der Waals surface area contributed by atoms with E-state index in [0.29, 0.717) is 18.4 Å². The van der Waals surface area contributed by atoms with Crippen molar-refractivity contribution in [1.82, 2.24) is 4.98 Å². The Kier molecular flexibility index (Phi) is 3.89. The summed E-state index contributed by atoms with van der Waals surface area (Å²) in [5.41, 5.74) is 6.85. The van der Waals surface area contributed by atoms with E-state index in [2.05, 4.69) is 18.8 Å². The van der Waals surface area contributed by atoms with Crippen LogP contribution in [0, 0.1) is 5.92 Å². The second-order valence-corrected chi connectivity index (χ2v) is 3.70. The van der Waals surface area contributed by atoms with Crippen LogP contribution in [0.4, 0.5) is 0 Å². The van der Waals surface area contributed by atoms with Crippen molar-refractivity contribution in [1.29, 1.82) is 0 Å². The Morgan fingerprint density at radius 3 is 2.71 bits per heavy atom. The lowest BCUT2D eigenvalue weighted by Gasteiger charge is -2.20. The van der Waals surface area contributed by atoms with Crippen molar-refractivity contribution < 1.29 is 4.74 Å². The minimum Gasteiger partial charge on any atom is -0.496 e. The van der Waals surface area contributed by atoms with Crippen molar-refractivity contribution in [3.05, 3.63) is 24.0 Å². The molecule has 0 aromatic carbocycles. The Morgan fingerprint density at radius 1 is 1.50 bits per heavy atom. The molecule has 0 amide bonds. The van der Waals surface area contributed by atoms with Gasteiger partial charge in [-0.15, -0.1) is 0 Å². The summed E-state index contributed by atoms with van der Waals surface area (Å²) in [5, 5.41) is 0. The first-order valence-electron chi connectivity index (χ1n) is 4.88. The zero-order valence-electron chi connectivity index (χ0n) is 9.03. The van der Waals surface area contributed by atoms with Crippen molar-refractivity contribution in [3.8, 4) is 5.75 Å². The molecule has 1 aromatic rings. The summed E-state index contributed by atoms with van der Waals surface area (Å²) in [6.07, 6.45) is 3.58. The summed E-state index contributed by atoms with van der Waals surface area (Å²) in [7, 11) is 1.67. The maximum Gasteiger partial charge on any atom is 0.125 e. The number of pyridine rings is 1. The molecule has 1 atom stereocenters. The summed E-state index contributed by atoms with van der Waals surface area (Å²) < 4.78 is 5.28. The summed E-state index contributed by atoms with van der Waals surface area (Å²) in [5.74, 6) is 1.70. The highest BCUT2D eigenvalue weighted by Crippen LogP contribution is 2.29. The van der Waals surface area contributed by atoms with Gasteiger partial charge in [0.25, 0.3) is 0 Å². The van der Waals surface area contributed by atoms with Crippen molar-refractivity contribution in [2.45, 2.75) is 19.8 Å². The quantitative estimate of drug-likeness (QED) is 0.795. The molecule has 0 aliphatic rings. The predicted molar refractivity (Wildman–Crippen MR) is 57.4 cm³/mol. The van der Waals surface area contributed by atoms with Crippen molar-refractivity contribution in [3.63, 3.8) is 0 Å². The summed E-state index contributed by atoms with van der Waals surface area (Å²) in [6.45, 7) is 4.94. The van der Waals surface area contributed by atoms with Crippen molar-refractivity contribution in [2.24, 2.45) is 11.7 Å². The predicted octanol–water partition coefficient (Wildman–Crippen LogP) is 1.79. The van der Waals surface area contributed by atoms with Crippen LogP contribution < -0.4 is 10.5 Å². The molecule has 14 heavy (non-hydrogen) atoms. The lowest BCUT2D eigenvalue weighted by Crippen LogP contribution is -2.18. The van der Waals surface area contributed by atoms with Gasteiger partial charge >= 0.3 is 0 Å². The highest BCUT2D eigenvalue weighted by atomic mass is 16.5. The van der Waals surface area contributed by atoms with Crippen molar-refractivity contribution >= 4 is 0 Å². The molecule has 1 rings (SSSR count). The van der Waals surface area contributed by atoms with Gasteiger partial charge in [-0.05, 0) is 18.5 Å². The molecule has 0 radical (unpaired) electrons. The fourth-order valence-electron chi connectivity index (χ4n) is 1.62. The molecule has 0 aliphatic heterocycles. The molecule has 2 N–H and O–H groups in total. The van der Waals surface area contributed by atoms with Crippen LogP contribution in [-0.2, 0) is 0 Å². The van der Waals surface area contributed by atoms with Crippen LogP contribution in [0.2, 0.25) is 0 Å². The summed E-state index contributed by atoms with van der Waals surface area (Å²) in [4.78, 5) is 4.11. The maximum absolute atomic E-state index is 5.75. The molecule has 0 bridgehead atoms. The van der Waals surface area contributed by atoms with Gasteiger partial charge in [-0.25, -0.2) is 0 Å². The van der Waals surface area contributed by atoms with Gasteiger partial charge in [-0.2, -0.15) is 0 Å². The van der Waals surface area contributed by atoms with E-state index in [9.17, 15) is 0 Å². The Bertz CT molecular complexity index is 286. The molecular formula is C11H18N2O. The smallest absolute Gasteiger partial charge is 0.125 e. The zero-order chi connectivity index (χ0) is 10.6. The molecule has 0 saturated heterocycles. The third-order valence-corrected chi connectivity index (χ3v) is 2.49. The molecule has 1 unspecified atom stereocenters. The maximum atomic E-state index is 5.75. The molecule has 78 valence electrons. The Labute approximate surface area is 85.3 Å². The van der Waals surface area contributed by atoms with Gasteiger partial charge in [0.15, 0.2) is 0 Å². The van der Waals surface area contributed by atoms with Gasteiger partial charge in [0.1, 0.15) is 5.75 Å². The molecule has 1 heterocycles. The normalized spacial score (nSPS) is 12.9. The Hall–Kier alpha value is -1.09. The molecule has 0 fully saturated rings. The van der Waals surface area contributed by atoms with Crippen LogP contribution in [0.3, 0.4) is 0 Å². The van der Waals surface area contributed by atoms with Crippen LogP contribution in [0.1, 0.15) is 25.3 Å². The van der Waals surface area contributed by atoms with Gasteiger partial charge in [-0.1, -0.05) is 13.8 Å². The molecule has 3 heteroatoms. The van der Waals surface area contributed by atoms with E-state index in [1.165, 1.54) is 0 Å².